The van der Waals surface area contributed by atoms with Gasteiger partial charge >= 0.3 is 0 Å². The van der Waals surface area contributed by atoms with Gasteiger partial charge in [-0.2, -0.15) is 9.50 Å². The van der Waals surface area contributed by atoms with Gasteiger partial charge in [-0.15, -0.1) is 5.10 Å². The van der Waals surface area contributed by atoms with E-state index in [2.05, 4.69) is 10.1 Å². The van der Waals surface area contributed by atoms with E-state index < -0.39 is 0 Å². The number of fused-ring (bicyclic) bond motifs is 1. The lowest BCUT2D eigenvalue weighted by Gasteiger charge is -1.94. The lowest BCUT2D eigenvalue weighted by Crippen LogP contribution is -2.23. The summed E-state index contributed by atoms with van der Waals surface area (Å²) in [5, 5.41) is 4.92. The number of nitrogens with zero attached hydrogens (tertiary/aromatic N) is 3. The van der Waals surface area contributed by atoms with Gasteiger partial charge in [0, 0.05) is 10.6 Å². The van der Waals surface area contributed by atoms with Crippen molar-refractivity contribution in [3.05, 3.63) is 80.1 Å². The third-order valence-corrected chi connectivity index (χ3v) is 4.56. The third kappa shape index (κ3) is 2.65. The first-order chi connectivity index (χ1) is 11.2. The van der Waals surface area contributed by atoms with Crippen LogP contribution in [-0.2, 0) is 0 Å². The molecule has 0 saturated heterocycles. The Kier molecular flexibility index (Phi) is 3.44. The average molecular weight is 340 g/mol. The first kappa shape index (κ1) is 14.1. The fourth-order valence-corrected chi connectivity index (χ4v) is 3.38. The average Bonchev–Trinajstić information content (AvgIpc) is 3.09. The second-order valence-corrected chi connectivity index (χ2v) is 6.41. The minimum atomic E-state index is -0.158. The summed E-state index contributed by atoms with van der Waals surface area (Å²) in [7, 11) is 0. The van der Waals surface area contributed by atoms with Gasteiger partial charge in [0.25, 0.3) is 5.56 Å². The van der Waals surface area contributed by atoms with E-state index in [9.17, 15) is 4.79 Å². The van der Waals surface area contributed by atoms with Crippen molar-refractivity contribution in [1.29, 1.82) is 0 Å². The van der Waals surface area contributed by atoms with E-state index in [1.54, 1.807) is 12.1 Å². The normalized spacial score (nSPS) is 12.1. The second-order valence-electron chi connectivity index (χ2n) is 4.97. The maximum absolute atomic E-state index is 12.5. The van der Waals surface area contributed by atoms with Crippen molar-refractivity contribution in [1.82, 2.24) is 14.6 Å². The zero-order valence-electron chi connectivity index (χ0n) is 11.8. The van der Waals surface area contributed by atoms with Crippen molar-refractivity contribution in [3.63, 3.8) is 0 Å². The number of hydrogen-bond donors (Lipinski definition) is 0. The molecule has 0 N–H and O–H groups in total. The fraction of sp³-hybridized carbons (Fsp3) is 0. The smallest absolute Gasteiger partial charge is 0.266 e. The first-order valence-electron chi connectivity index (χ1n) is 6.93. The minimum Gasteiger partial charge on any atom is -0.266 e. The molecule has 6 heteroatoms. The molecular formula is C17H10ClN3OS. The molecule has 0 radical (unpaired) electrons. The Morgan fingerprint density at radius 3 is 2.65 bits per heavy atom. The molecule has 0 spiro atoms. The van der Waals surface area contributed by atoms with Crippen LogP contribution < -0.4 is 10.1 Å². The van der Waals surface area contributed by atoms with E-state index in [1.165, 1.54) is 15.9 Å². The van der Waals surface area contributed by atoms with Gasteiger partial charge in [0.2, 0.25) is 4.96 Å². The van der Waals surface area contributed by atoms with Gasteiger partial charge in [-0.25, -0.2) is 0 Å². The van der Waals surface area contributed by atoms with Crippen LogP contribution in [0.2, 0.25) is 5.02 Å². The Morgan fingerprint density at radius 1 is 1.09 bits per heavy atom. The number of thiazole rings is 1. The molecule has 23 heavy (non-hydrogen) atoms. The third-order valence-electron chi connectivity index (χ3n) is 3.36. The van der Waals surface area contributed by atoms with Gasteiger partial charge in [0.05, 0.1) is 4.53 Å². The van der Waals surface area contributed by atoms with Crippen molar-refractivity contribution < 1.29 is 0 Å². The fourth-order valence-electron chi connectivity index (χ4n) is 2.28. The zero-order chi connectivity index (χ0) is 15.8. The maximum atomic E-state index is 12.5. The summed E-state index contributed by atoms with van der Waals surface area (Å²) in [4.78, 5) is 17.5. The van der Waals surface area contributed by atoms with Crippen molar-refractivity contribution in [3.8, 4) is 11.4 Å². The van der Waals surface area contributed by atoms with Crippen LogP contribution in [-0.4, -0.2) is 14.6 Å². The molecule has 0 bridgehead atoms. The van der Waals surface area contributed by atoms with Crippen LogP contribution in [0, 0.1) is 0 Å². The van der Waals surface area contributed by atoms with Gasteiger partial charge < -0.3 is 0 Å². The van der Waals surface area contributed by atoms with Crippen LogP contribution in [0.1, 0.15) is 5.56 Å². The van der Waals surface area contributed by atoms with Crippen molar-refractivity contribution in [2.24, 2.45) is 0 Å². The quantitative estimate of drug-likeness (QED) is 0.564. The molecule has 0 aliphatic rings. The lowest BCUT2D eigenvalue weighted by atomic mass is 10.2. The highest BCUT2D eigenvalue weighted by atomic mass is 35.5. The summed E-state index contributed by atoms with van der Waals surface area (Å²) in [6.45, 7) is 0. The van der Waals surface area contributed by atoms with Crippen LogP contribution in [0.4, 0.5) is 0 Å². The topological polar surface area (TPSA) is 47.3 Å². The SMILES string of the molecule is O=c1/c(=C\c2ccccc2)sc2nc(-c3cccc(Cl)c3)nn12. The van der Waals surface area contributed by atoms with Crippen LogP contribution in [0.25, 0.3) is 22.4 Å². The second kappa shape index (κ2) is 5.61. The Bertz CT molecular complexity index is 1100. The van der Waals surface area contributed by atoms with Crippen LogP contribution >= 0.6 is 22.9 Å². The van der Waals surface area contributed by atoms with E-state index in [0.29, 0.717) is 20.3 Å². The predicted octanol–water partition coefficient (Wildman–Crippen LogP) is 3.02. The van der Waals surface area contributed by atoms with E-state index >= 15 is 0 Å². The molecule has 2 aromatic carbocycles. The number of aromatic nitrogens is 3. The predicted molar refractivity (Wildman–Crippen MR) is 92.8 cm³/mol. The van der Waals surface area contributed by atoms with Crippen LogP contribution in [0.15, 0.2) is 59.4 Å². The van der Waals surface area contributed by atoms with Crippen LogP contribution in [0.3, 0.4) is 0 Å². The van der Waals surface area contributed by atoms with Gasteiger partial charge in [0.1, 0.15) is 0 Å². The molecule has 0 amide bonds. The lowest BCUT2D eigenvalue weighted by molar-refractivity contribution is 0.937. The Labute approximate surface area is 140 Å². The molecule has 0 fully saturated rings. The van der Waals surface area contributed by atoms with Crippen LogP contribution in [0.5, 0.6) is 0 Å². The number of hydrogen-bond acceptors (Lipinski definition) is 4. The highest BCUT2D eigenvalue weighted by Crippen LogP contribution is 2.20. The molecular weight excluding hydrogens is 330 g/mol. The van der Waals surface area contributed by atoms with Crippen molar-refractivity contribution in [2.75, 3.05) is 0 Å². The number of rotatable bonds is 2. The zero-order valence-corrected chi connectivity index (χ0v) is 13.4. The van der Waals surface area contributed by atoms with E-state index in [1.807, 2.05) is 48.5 Å². The molecule has 0 saturated carbocycles. The summed E-state index contributed by atoms with van der Waals surface area (Å²) in [5.41, 5.74) is 1.61. The molecule has 0 aliphatic heterocycles. The Balaban J connectivity index is 1.84. The Morgan fingerprint density at radius 2 is 1.91 bits per heavy atom. The summed E-state index contributed by atoms with van der Waals surface area (Å²) < 4.78 is 1.96. The highest BCUT2D eigenvalue weighted by molar-refractivity contribution is 7.15. The summed E-state index contributed by atoms with van der Waals surface area (Å²) in [6.07, 6.45) is 1.85. The standard InChI is InChI=1S/C17H10ClN3OS/c18-13-8-4-7-12(10-13)15-19-17-21(20-15)16(22)14(23-17)9-11-5-2-1-3-6-11/h1-10H/b14-9+. The van der Waals surface area contributed by atoms with Gasteiger partial charge in [-0.3, -0.25) is 4.79 Å². The van der Waals surface area contributed by atoms with Crippen molar-refractivity contribution >= 4 is 34.0 Å². The minimum absolute atomic E-state index is 0.158. The monoisotopic (exact) mass is 339 g/mol. The van der Waals surface area contributed by atoms with E-state index in [4.69, 9.17) is 11.6 Å². The molecule has 4 rings (SSSR count). The number of halogens is 1. The molecule has 2 heterocycles. The van der Waals surface area contributed by atoms with Gasteiger partial charge in [-0.05, 0) is 23.8 Å². The molecule has 0 unspecified atom stereocenters. The summed E-state index contributed by atoms with van der Waals surface area (Å²) >= 11 is 7.31. The largest absolute Gasteiger partial charge is 0.291 e. The van der Waals surface area contributed by atoms with Gasteiger partial charge in [0.15, 0.2) is 5.82 Å². The summed E-state index contributed by atoms with van der Waals surface area (Å²) in [5.74, 6) is 0.502. The molecule has 2 aromatic heterocycles. The maximum Gasteiger partial charge on any atom is 0.291 e. The molecule has 112 valence electrons. The van der Waals surface area contributed by atoms with E-state index in [-0.39, 0.29) is 5.56 Å². The summed E-state index contributed by atoms with van der Waals surface area (Å²) in [6, 6.07) is 17.0. The Hall–Kier alpha value is -2.50. The highest BCUT2D eigenvalue weighted by Gasteiger charge is 2.12. The first-order valence-corrected chi connectivity index (χ1v) is 8.12. The molecule has 4 aromatic rings. The molecule has 0 atom stereocenters. The van der Waals surface area contributed by atoms with Crippen molar-refractivity contribution in [2.45, 2.75) is 0 Å². The molecule has 4 nitrogen and oxygen atoms in total. The number of benzene rings is 2. The van der Waals surface area contributed by atoms with E-state index in [0.717, 1.165) is 11.1 Å². The van der Waals surface area contributed by atoms with Gasteiger partial charge in [-0.1, -0.05) is 65.4 Å². The molecule has 0 aliphatic carbocycles.